The van der Waals surface area contributed by atoms with E-state index in [1.807, 2.05) is 0 Å². The van der Waals surface area contributed by atoms with Gasteiger partial charge in [-0.1, -0.05) is 32.1 Å². The number of aromatic nitrogens is 3. The molecule has 0 spiro atoms. The van der Waals surface area contributed by atoms with E-state index in [1.54, 1.807) is 6.33 Å². The Morgan fingerprint density at radius 1 is 1.21 bits per heavy atom. The first-order chi connectivity index (χ1) is 9.17. The van der Waals surface area contributed by atoms with Crippen molar-refractivity contribution in [3.05, 3.63) is 12.2 Å². The smallest absolute Gasteiger partial charge is 0.138 e. The third-order valence-electron chi connectivity index (χ3n) is 4.52. The molecule has 0 saturated heterocycles. The maximum absolute atomic E-state index is 6.14. The predicted octanol–water partition coefficient (Wildman–Crippen LogP) is 3.09. The highest BCUT2D eigenvalue weighted by Gasteiger charge is 2.31. The number of rotatable bonds is 4. The molecule has 0 atom stereocenters. The van der Waals surface area contributed by atoms with Crippen LogP contribution in [0.2, 0.25) is 0 Å². The molecule has 19 heavy (non-hydrogen) atoms. The van der Waals surface area contributed by atoms with E-state index in [9.17, 15) is 0 Å². The Hall–Kier alpha value is -0.900. The summed E-state index contributed by atoms with van der Waals surface area (Å²) >= 11 is 0. The lowest BCUT2D eigenvalue weighted by atomic mass is 9.73. The van der Waals surface area contributed by atoms with Gasteiger partial charge in [-0.15, -0.1) is 0 Å². The van der Waals surface area contributed by atoms with Crippen LogP contribution in [-0.2, 0) is 6.42 Å². The van der Waals surface area contributed by atoms with Crippen molar-refractivity contribution in [2.45, 2.75) is 71.3 Å². The lowest BCUT2D eigenvalue weighted by Crippen LogP contribution is -2.35. The average molecular weight is 264 g/mol. The molecule has 0 amide bonds. The quantitative estimate of drug-likeness (QED) is 0.909. The van der Waals surface area contributed by atoms with Gasteiger partial charge in [0.1, 0.15) is 12.2 Å². The van der Waals surface area contributed by atoms with Gasteiger partial charge < -0.3 is 5.73 Å². The van der Waals surface area contributed by atoms with E-state index in [0.29, 0.717) is 6.04 Å². The molecule has 0 aromatic carbocycles. The lowest BCUT2D eigenvalue weighted by Gasteiger charge is -2.34. The molecule has 2 rings (SSSR count). The molecular formula is C15H28N4. The first-order valence-electron chi connectivity index (χ1n) is 7.75. The van der Waals surface area contributed by atoms with Crippen LogP contribution >= 0.6 is 0 Å². The zero-order chi connectivity index (χ0) is 13.7. The summed E-state index contributed by atoms with van der Waals surface area (Å²) in [6, 6.07) is 0.376. The third kappa shape index (κ3) is 3.56. The van der Waals surface area contributed by atoms with Crippen LogP contribution in [0, 0.1) is 5.41 Å². The van der Waals surface area contributed by atoms with Gasteiger partial charge in [0.15, 0.2) is 0 Å². The minimum Gasteiger partial charge on any atom is -0.330 e. The van der Waals surface area contributed by atoms with Crippen LogP contribution in [0.1, 0.15) is 70.7 Å². The largest absolute Gasteiger partial charge is 0.330 e. The molecule has 0 aliphatic heterocycles. The molecule has 1 aliphatic rings. The van der Waals surface area contributed by atoms with E-state index in [0.717, 1.165) is 18.8 Å². The third-order valence-corrected chi connectivity index (χ3v) is 4.52. The fourth-order valence-corrected chi connectivity index (χ4v) is 3.28. The van der Waals surface area contributed by atoms with E-state index < -0.39 is 0 Å². The number of nitrogens with two attached hydrogens (primary N) is 1. The number of hydrogen-bond acceptors (Lipinski definition) is 3. The Kier molecular flexibility index (Phi) is 4.97. The lowest BCUT2D eigenvalue weighted by molar-refractivity contribution is 0.208. The zero-order valence-corrected chi connectivity index (χ0v) is 12.4. The van der Waals surface area contributed by atoms with Gasteiger partial charge in [-0.2, -0.15) is 5.10 Å². The Labute approximate surface area is 116 Å². The topological polar surface area (TPSA) is 56.7 Å². The molecule has 4 nitrogen and oxygen atoms in total. The summed E-state index contributed by atoms with van der Waals surface area (Å²) in [6.45, 7) is 5.09. The Balaban J connectivity index is 2.13. The molecule has 0 bridgehead atoms. The highest BCUT2D eigenvalue weighted by atomic mass is 15.3. The second-order valence-corrected chi connectivity index (χ2v) is 6.36. The standard InChI is InChI=1S/C15H28N4/c1-13(2)19-14(17-12-18-19)10-15(11-16)8-6-4-3-5-7-9-15/h12-13H,3-11,16H2,1-2H3. The van der Waals surface area contributed by atoms with Gasteiger partial charge in [0.25, 0.3) is 0 Å². The van der Waals surface area contributed by atoms with Gasteiger partial charge >= 0.3 is 0 Å². The molecule has 0 unspecified atom stereocenters. The molecular weight excluding hydrogens is 236 g/mol. The normalized spacial score (nSPS) is 20.2. The Morgan fingerprint density at radius 3 is 2.42 bits per heavy atom. The van der Waals surface area contributed by atoms with Crippen molar-refractivity contribution < 1.29 is 0 Å². The molecule has 1 saturated carbocycles. The Bertz CT molecular complexity index is 375. The molecule has 1 aromatic heterocycles. The van der Waals surface area contributed by atoms with Gasteiger partial charge in [0.2, 0.25) is 0 Å². The van der Waals surface area contributed by atoms with Gasteiger partial charge in [-0.05, 0) is 38.6 Å². The van der Waals surface area contributed by atoms with Crippen molar-refractivity contribution in [2.24, 2.45) is 11.1 Å². The predicted molar refractivity (Wildman–Crippen MR) is 77.9 cm³/mol. The number of hydrogen-bond donors (Lipinski definition) is 1. The van der Waals surface area contributed by atoms with E-state index in [-0.39, 0.29) is 5.41 Å². The fourth-order valence-electron chi connectivity index (χ4n) is 3.28. The van der Waals surface area contributed by atoms with Crippen LogP contribution in [0.4, 0.5) is 0 Å². The summed E-state index contributed by atoms with van der Waals surface area (Å²) in [5, 5.41) is 4.35. The molecule has 0 radical (unpaired) electrons. The van der Waals surface area contributed by atoms with Crippen LogP contribution in [-0.4, -0.2) is 21.3 Å². The van der Waals surface area contributed by atoms with Crippen molar-refractivity contribution in [3.8, 4) is 0 Å². The summed E-state index contributed by atoms with van der Waals surface area (Å²) in [4.78, 5) is 4.47. The van der Waals surface area contributed by atoms with Crippen molar-refractivity contribution in [1.29, 1.82) is 0 Å². The minimum atomic E-state index is 0.250. The second kappa shape index (κ2) is 6.51. The molecule has 1 aliphatic carbocycles. The Morgan fingerprint density at radius 2 is 1.84 bits per heavy atom. The molecule has 4 heteroatoms. The van der Waals surface area contributed by atoms with Gasteiger partial charge in [0.05, 0.1) is 0 Å². The van der Waals surface area contributed by atoms with Gasteiger partial charge in [-0.25, -0.2) is 9.67 Å². The van der Waals surface area contributed by atoms with Crippen LogP contribution in [0.25, 0.3) is 0 Å². The summed E-state index contributed by atoms with van der Waals surface area (Å²) < 4.78 is 2.05. The SMILES string of the molecule is CC(C)n1ncnc1CC1(CN)CCCCCCC1. The highest BCUT2D eigenvalue weighted by molar-refractivity contribution is 4.96. The summed E-state index contributed by atoms with van der Waals surface area (Å²) in [5.41, 5.74) is 6.39. The first-order valence-corrected chi connectivity index (χ1v) is 7.75. The average Bonchev–Trinajstić information content (AvgIpc) is 2.81. The zero-order valence-electron chi connectivity index (χ0n) is 12.4. The minimum absolute atomic E-state index is 0.250. The van der Waals surface area contributed by atoms with E-state index in [1.165, 1.54) is 44.9 Å². The van der Waals surface area contributed by atoms with Crippen molar-refractivity contribution in [3.63, 3.8) is 0 Å². The van der Waals surface area contributed by atoms with Crippen LogP contribution in [0.3, 0.4) is 0 Å². The summed E-state index contributed by atoms with van der Waals surface area (Å²) in [5.74, 6) is 1.11. The van der Waals surface area contributed by atoms with Crippen LogP contribution in [0.15, 0.2) is 6.33 Å². The fraction of sp³-hybridized carbons (Fsp3) is 0.867. The molecule has 108 valence electrons. The highest BCUT2D eigenvalue weighted by Crippen LogP contribution is 2.36. The summed E-state index contributed by atoms with van der Waals surface area (Å²) in [6.07, 6.45) is 11.9. The van der Waals surface area contributed by atoms with E-state index in [2.05, 4.69) is 28.6 Å². The second-order valence-electron chi connectivity index (χ2n) is 6.36. The van der Waals surface area contributed by atoms with E-state index in [4.69, 9.17) is 5.73 Å². The van der Waals surface area contributed by atoms with Gasteiger partial charge in [0, 0.05) is 12.5 Å². The molecule has 1 heterocycles. The molecule has 1 aromatic rings. The van der Waals surface area contributed by atoms with Crippen LogP contribution in [0.5, 0.6) is 0 Å². The molecule has 1 fully saturated rings. The maximum atomic E-state index is 6.14. The van der Waals surface area contributed by atoms with Crippen molar-refractivity contribution in [1.82, 2.24) is 14.8 Å². The van der Waals surface area contributed by atoms with Crippen molar-refractivity contribution in [2.75, 3.05) is 6.54 Å². The van der Waals surface area contributed by atoms with E-state index >= 15 is 0 Å². The number of nitrogens with zero attached hydrogens (tertiary/aromatic N) is 3. The maximum Gasteiger partial charge on any atom is 0.138 e. The van der Waals surface area contributed by atoms with Crippen molar-refractivity contribution >= 4 is 0 Å². The summed E-state index contributed by atoms with van der Waals surface area (Å²) in [7, 11) is 0. The monoisotopic (exact) mass is 264 g/mol. The molecule has 2 N–H and O–H groups in total. The first kappa shape index (κ1) is 14.5. The van der Waals surface area contributed by atoms with Crippen LogP contribution < -0.4 is 5.73 Å². The van der Waals surface area contributed by atoms with Gasteiger partial charge in [-0.3, -0.25) is 0 Å².